The maximum Gasteiger partial charge on any atom is 0.0599 e. The van der Waals surface area contributed by atoms with Crippen molar-refractivity contribution < 1.29 is 0 Å². The first kappa shape index (κ1) is 12.8. The summed E-state index contributed by atoms with van der Waals surface area (Å²) in [5.74, 6) is 0. The summed E-state index contributed by atoms with van der Waals surface area (Å²) in [5, 5.41) is 7.11. The molecule has 1 heterocycles. The van der Waals surface area contributed by atoms with Crippen molar-refractivity contribution in [1.82, 2.24) is 0 Å². The lowest BCUT2D eigenvalue weighted by Crippen LogP contribution is -2.04. The van der Waals surface area contributed by atoms with Gasteiger partial charge in [0.2, 0.25) is 0 Å². The number of anilines is 1. The molecule has 102 valence electrons. The number of rotatable bonds is 1. The van der Waals surface area contributed by atoms with E-state index in [4.69, 9.17) is 23.2 Å². The SMILES string of the molecule is Clc1ccc(C2=Cc3cccc4cccc(c34)N2)cc1Cl. The van der Waals surface area contributed by atoms with Crippen molar-refractivity contribution in [3.63, 3.8) is 0 Å². The molecule has 0 bridgehead atoms. The van der Waals surface area contributed by atoms with Crippen molar-refractivity contribution in [2.24, 2.45) is 0 Å². The number of hydrogen-bond acceptors (Lipinski definition) is 1. The summed E-state index contributed by atoms with van der Waals surface area (Å²) in [5.41, 5.74) is 4.38. The smallest absolute Gasteiger partial charge is 0.0599 e. The van der Waals surface area contributed by atoms with Crippen molar-refractivity contribution in [2.45, 2.75) is 0 Å². The summed E-state index contributed by atoms with van der Waals surface area (Å²) in [6, 6.07) is 18.3. The molecule has 0 unspecified atom stereocenters. The molecular formula is C18H11Cl2N. The molecule has 4 rings (SSSR count). The van der Waals surface area contributed by atoms with Crippen LogP contribution in [0.1, 0.15) is 11.1 Å². The molecule has 0 saturated heterocycles. The average Bonchev–Trinajstić information content (AvgIpc) is 2.50. The molecule has 3 aromatic carbocycles. The van der Waals surface area contributed by atoms with Crippen molar-refractivity contribution in [3.8, 4) is 0 Å². The van der Waals surface area contributed by atoms with E-state index in [1.807, 2.05) is 18.2 Å². The van der Waals surface area contributed by atoms with Crippen LogP contribution in [0, 0.1) is 0 Å². The summed E-state index contributed by atoms with van der Waals surface area (Å²) in [6.45, 7) is 0. The number of hydrogen-bond donors (Lipinski definition) is 1. The van der Waals surface area contributed by atoms with E-state index in [1.54, 1.807) is 0 Å². The predicted octanol–water partition coefficient (Wildman–Crippen LogP) is 6.07. The third-order valence-corrected chi connectivity index (χ3v) is 4.48. The molecule has 0 aliphatic carbocycles. The van der Waals surface area contributed by atoms with E-state index < -0.39 is 0 Å². The molecule has 1 aliphatic heterocycles. The second kappa shape index (κ2) is 4.80. The van der Waals surface area contributed by atoms with E-state index in [9.17, 15) is 0 Å². The van der Waals surface area contributed by atoms with E-state index in [2.05, 4.69) is 47.8 Å². The molecule has 0 fully saturated rings. The van der Waals surface area contributed by atoms with Gasteiger partial charge in [-0.2, -0.15) is 0 Å². The van der Waals surface area contributed by atoms with Gasteiger partial charge in [0.25, 0.3) is 0 Å². The topological polar surface area (TPSA) is 12.0 Å². The molecule has 1 nitrogen and oxygen atoms in total. The van der Waals surface area contributed by atoms with Crippen LogP contribution >= 0.6 is 23.2 Å². The zero-order valence-corrected chi connectivity index (χ0v) is 12.5. The Labute approximate surface area is 132 Å². The summed E-state index contributed by atoms with van der Waals surface area (Å²) >= 11 is 12.1. The molecule has 3 heteroatoms. The lowest BCUT2D eigenvalue weighted by molar-refractivity contribution is 1.53. The third kappa shape index (κ3) is 2.10. The van der Waals surface area contributed by atoms with Gasteiger partial charge in [0.05, 0.1) is 10.0 Å². The minimum absolute atomic E-state index is 0.564. The van der Waals surface area contributed by atoms with Crippen molar-refractivity contribution in [3.05, 3.63) is 75.8 Å². The van der Waals surface area contributed by atoms with Gasteiger partial charge in [-0.25, -0.2) is 0 Å². The number of nitrogens with one attached hydrogen (secondary N) is 1. The minimum Gasteiger partial charge on any atom is -0.354 e. The summed E-state index contributed by atoms with van der Waals surface area (Å²) in [4.78, 5) is 0. The predicted molar refractivity (Wildman–Crippen MR) is 91.9 cm³/mol. The highest BCUT2D eigenvalue weighted by Gasteiger charge is 2.14. The van der Waals surface area contributed by atoms with Crippen molar-refractivity contribution in [1.29, 1.82) is 0 Å². The molecule has 0 amide bonds. The fourth-order valence-electron chi connectivity index (χ4n) is 2.75. The number of halogens is 2. The summed E-state index contributed by atoms with van der Waals surface area (Å²) in [7, 11) is 0. The summed E-state index contributed by atoms with van der Waals surface area (Å²) in [6.07, 6.45) is 2.15. The highest BCUT2D eigenvalue weighted by atomic mass is 35.5. The van der Waals surface area contributed by atoms with Crippen LogP contribution in [0.4, 0.5) is 5.69 Å². The molecule has 0 aromatic heterocycles. The molecular weight excluding hydrogens is 301 g/mol. The molecule has 3 aromatic rings. The van der Waals surface area contributed by atoms with Gasteiger partial charge < -0.3 is 5.32 Å². The van der Waals surface area contributed by atoms with E-state index in [-0.39, 0.29) is 0 Å². The van der Waals surface area contributed by atoms with Gasteiger partial charge in [-0.05, 0) is 40.8 Å². The van der Waals surface area contributed by atoms with Crippen LogP contribution in [0.15, 0.2) is 54.6 Å². The van der Waals surface area contributed by atoms with Crippen LogP contribution in [0.3, 0.4) is 0 Å². The third-order valence-electron chi connectivity index (χ3n) is 3.74. The van der Waals surface area contributed by atoms with Gasteiger partial charge in [-0.15, -0.1) is 0 Å². The fraction of sp³-hybridized carbons (Fsp3) is 0. The molecule has 1 aliphatic rings. The normalized spacial score (nSPS) is 13.0. The lowest BCUT2D eigenvalue weighted by atomic mass is 9.97. The van der Waals surface area contributed by atoms with E-state index in [0.29, 0.717) is 10.0 Å². The largest absolute Gasteiger partial charge is 0.354 e. The second-order valence-electron chi connectivity index (χ2n) is 5.06. The van der Waals surface area contributed by atoms with Gasteiger partial charge in [0.15, 0.2) is 0 Å². The van der Waals surface area contributed by atoms with Gasteiger partial charge in [0.1, 0.15) is 0 Å². The highest BCUT2D eigenvalue weighted by Crippen LogP contribution is 2.36. The zero-order chi connectivity index (χ0) is 14.4. The Kier molecular flexibility index (Phi) is 2.91. The van der Waals surface area contributed by atoms with Crippen molar-refractivity contribution >= 4 is 51.4 Å². The Morgan fingerprint density at radius 2 is 1.62 bits per heavy atom. The monoisotopic (exact) mass is 311 g/mol. The second-order valence-corrected chi connectivity index (χ2v) is 5.88. The Hall–Kier alpha value is -1.96. The van der Waals surface area contributed by atoms with Crippen LogP contribution in [0.2, 0.25) is 10.0 Å². The van der Waals surface area contributed by atoms with Gasteiger partial charge in [-0.3, -0.25) is 0 Å². The Bertz CT molecular complexity index is 892. The zero-order valence-electron chi connectivity index (χ0n) is 11.0. The Balaban J connectivity index is 1.91. The minimum atomic E-state index is 0.564. The molecule has 0 spiro atoms. The van der Waals surface area contributed by atoms with E-state index in [0.717, 1.165) is 16.9 Å². The average molecular weight is 312 g/mol. The Morgan fingerprint density at radius 1 is 0.810 bits per heavy atom. The van der Waals surface area contributed by atoms with Crippen LogP contribution < -0.4 is 5.32 Å². The lowest BCUT2D eigenvalue weighted by Gasteiger charge is -2.20. The van der Waals surface area contributed by atoms with E-state index >= 15 is 0 Å². The van der Waals surface area contributed by atoms with Crippen molar-refractivity contribution in [2.75, 3.05) is 5.32 Å². The van der Waals surface area contributed by atoms with Gasteiger partial charge >= 0.3 is 0 Å². The number of benzene rings is 3. The van der Waals surface area contributed by atoms with Crippen LogP contribution in [0.5, 0.6) is 0 Å². The standard InChI is InChI=1S/C18H11Cl2N/c19-14-8-7-12(9-15(14)20)17-10-13-5-1-3-11-4-2-6-16(21-17)18(11)13/h1-10,21H. The summed E-state index contributed by atoms with van der Waals surface area (Å²) < 4.78 is 0. The molecule has 0 radical (unpaired) electrons. The first-order chi connectivity index (χ1) is 10.2. The highest BCUT2D eigenvalue weighted by molar-refractivity contribution is 6.42. The van der Waals surface area contributed by atoms with Gasteiger partial charge in [-0.1, -0.05) is 59.6 Å². The Morgan fingerprint density at radius 3 is 2.43 bits per heavy atom. The van der Waals surface area contributed by atoms with Gasteiger partial charge in [0, 0.05) is 16.8 Å². The van der Waals surface area contributed by atoms with Crippen LogP contribution in [0.25, 0.3) is 22.5 Å². The van der Waals surface area contributed by atoms with E-state index in [1.165, 1.54) is 16.3 Å². The molecule has 21 heavy (non-hydrogen) atoms. The molecule has 0 atom stereocenters. The maximum absolute atomic E-state index is 6.13. The first-order valence-corrected chi connectivity index (χ1v) is 7.44. The molecule has 0 saturated carbocycles. The fourth-order valence-corrected chi connectivity index (χ4v) is 3.05. The quantitative estimate of drug-likeness (QED) is 0.575. The first-order valence-electron chi connectivity index (χ1n) is 6.68. The van der Waals surface area contributed by atoms with Crippen LogP contribution in [-0.2, 0) is 0 Å². The van der Waals surface area contributed by atoms with Crippen LogP contribution in [-0.4, -0.2) is 0 Å². The maximum atomic E-state index is 6.13. The molecule has 1 N–H and O–H groups in total.